The molecule has 1 aromatic heterocycles. The maximum absolute atomic E-state index is 5.34. The van der Waals surface area contributed by atoms with Crippen molar-refractivity contribution in [3.05, 3.63) is 18.2 Å². The van der Waals surface area contributed by atoms with Crippen molar-refractivity contribution in [3.63, 3.8) is 0 Å². The lowest BCUT2D eigenvalue weighted by atomic mass is 10.2. The van der Waals surface area contributed by atoms with Crippen molar-refractivity contribution in [2.75, 3.05) is 0 Å². The van der Waals surface area contributed by atoms with Crippen LogP contribution in [-0.4, -0.2) is 21.1 Å². The highest BCUT2D eigenvalue weighted by Gasteiger charge is 2.18. The maximum atomic E-state index is 5.34. The molecular formula is C12H20N4S. The van der Waals surface area contributed by atoms with Crippen LogP contribution < -0.4 is 10.6 Å². The smallest absolute Gasteiger partial charge is 0.167 e. The van der Waals surface area contributed by atoms with Gasteiger partial charge in [-0.05, 0) is 31.5 Å². The molecule has 3 N–H and O–H groups in total. The lowest BCUT2D eigenvalue weighted by Gasteiger charge is -2.20. The fourth-order valence-electron chi connectivity index (χ4n) is 2.29. The molecular weight excluding hydrogens is 232 g/mol. The largest absolute Gasteiger partial charge is 0.360 e. The zero-order chi connectivity index (χ0) is 12.1. The zero-order valence-electron chi connectivity index (χ0n) is 10.2. The van der Waals surface area contributed by atoms with Gasteiger partial charge in [0.1, 0.15) is 5.82 Å². The first kappa shape index (κ1) is 12.4. The second kappa shape index (κ2) is 6.00. The monoisotopic (exact) mass is 252 g/mol. The number of hydrogen-bond donors (Lipinski definition) is 3. The predicted molar refractivity (Wildman–Crippen MR) is 72.7 cm³/mol. The van der Waals surface area contributed by atoms with Gasteiger partial charge in [0.15, 0.2) is 5.11 Å². The summed E-state index contributed by atoms with van der Waals surface area (Å²) < 4.78 is 0. The number of H-pyrrole nitrogens is 1. The number of thiocarbonyl (C=S) groups is 1. The summed E-state index contributed by atoms with van der Waals surface area (Å²) in [5, 5.41) is 7.46. The van der Waals surface area contributed by atoms with E-state index in [1.165, 1.54) is 25.7 Å². The number of aromatic amines is 1. The first-order valence-electron chi connectivity index (χ1n) is 6.36. The minimum Gasteiger partial charge on any atom is -0.360 e. The van der Waals surface area contributed by atoms with Gasteiger partial charge in [-0.15, -0.1) is 0 Å². The van der Waals surface area contributed by atoms with E-state index >= 15 is 0 Å². The van der Waals surface area contributed by atoms with Crippen molar-refractivity contribution >= 4 is 17.3 Å². The van der Waals surface area contributed by atoms with Gasteiger partial charge >= 0.3 is 0 Å². The molecule has 1 aliphatic rings. The van der Waals surface area contributed by atoms with Crippen LogP contribution in [0.25, 0.3) is 0 Å². The molecule has 5 heteroatoms. The molecule has 1 atom stereocenters. The van der Waals surface area contributed by atoms with Crippen LogP contribution in [0.15, 0.2) is 12.4 Å². The van der Waals surface area contributed by atoms with E-state index in [1.807, 2.05) is 6.20 Å². The van der Waals surface area contributed by atoms with Crippen LogP contribution in [0.2, 0.25) is 0 Å². The van der Waals surface area contributed by atoms with Crippen LogP contribution in [0.1, 0.15) is 50.9 Å². The normalized spacial score (nSPS) is 17.9. The van der Waals surface area contributed by atoms with Gasteiger partial charge < -0.3 is 15.6 Å². The summed E-state index contributed by atoms with van der Waals surface area (Å²) in [6.07, 6.45) is 9.67. The second-order valence-corrected chi connectivity index (χ2v) is 4.94. The summed E-state index contributed by atoms with van der Waals surface area (Å²) in [6, 6.07) is 0.732. The van der Waals surface area contributed by atoms with Crippen LogP contribution in [-0.2, 0) is 0 Å². The van der Waals surface area contributed by atoms with E-state index in [-0.39, 0.29) is 6.04 Å². The molecule has 94 valence electrons. The van der Waals surface area contributed by atoms with Gasteiger partial charge in [0.25, 0.3) is 0 Å². The van der Waals surface area contributed by atoms with E-state index in [4.69, 9.17) is 12.2 Å². The Morgan fingerprint density at radius 3 is 2.94 bits per heavy atom. The van der Waals surface area contributed by atoms with E-state index in [0.29, 0.717) is 6.04 Å². The van der Waals surface area contributed by atoms with Crippen molar-refractivity contribution < 1.29 is 0 Å². The number of nitrogens with zero attached hydrogens (tertiary/aromatic N) is 1. The van der Waals surface area contributed by atoms with Crippen LogP contribution in [0.4, 0.5) is 0 Å². The van der Waals surface area contributed by atoms with Crippen molar-refractivity contribution in [1.82, 2.24) is 20.6 Å². The Balaban J connectivity index is 1.83. The zero-order valence-corrected chi connectivity index (χ0v) is 11.0. The van der Waals surface area contributed by atoms with E-state index in [1.54, 1.807) is 6.20 Å². The van der Waals surface area contributed by atoms with Gasteiger partial charge in [-0.1, -0.05) is 19.8 Å². The molecule has 2 rings (SSSR count). The Kier molecular flexibility index (Phi) is 4.36. The first-order valence-corrected chi connectivity index (χ1v) is 6.76. The van der Waals surface area contributed by atoms with Crippen LogP contribution in [0.5, 0.6) is 0 Å². The lowest BCUT2D eigenvalue weighted by molar-refractivity contribution is 0.562. The summed E-state index contributed by atoms with van der Waals surface area (Å²) in [6.45, 7) is 2.12. The molecule has 1 heterocycles. The predicted octanol–water partition coefficient (Wildman–Crippen LogP) is 2.27. The SMILES string of the molecule is CCC(NC(=S)NC1CCCC1)c1ncc[nH]1. The highest BCUT2D eigenvalue weighted by atomic mass is 32.1. The Labute approximate surface area is 108 Å². The molecule has 0 aliphatic heterocycles. The van der Waals surface area contributed by atoms with Crippen molar-refractivity contribution in [2.45, 2.75) is 51.1 Å². The molecule has 0 amide bonds. The fraction of sp³-hybridized carbons (Fsp3) is 0.667. The third kappa shape index (κ3) is 3.43. The maximum Gasteiger partial charge on any atom is 0.167 e. The number of rotatable bonds is 4. The quantitative estimate of drug-likeness (QED) is 0.720. The van der Waals surface area contributed by atoms with E-state index in [0.717, 1.165) is 17.4 Å². The van der Waals surface area contributed by atoms with Crippen LogP contribution >= 0.6 is 12.2 Å². The Morgan fingerprint density at radius 2 is 2.35 bits per heavy atom. The Morgan fingerprint density at radius 1 is 1.59 bits per heavy atom. The number of nitrogens with one attached hydrogen (secondary N) is 3. The molecule has 1 unspecified atom stereocenters. The highest BCUT2D eigenvalue weighted by Crippen LogP contribution is 2.18. The van der Waals surface area contributed by atoms with E-state index < -0.39 is 0 Å². The third-order valence-corrected chi connectivity index (χ3v) is 3.49. The van der Waals surface area contributed by atoms with Gasteiger partial charge in [-0.3, -0.25) is 0 Å². The minimum absolute atomic E-state index is 0.173. The second-order valence-electron chi connectivity index (χ2n) is 4.53. The summed E-state index contributed by atoms with van der Waals surface area (Å²) in [5.41, 5.74) is 0. The van der Waals surface area contributed by atoms with Gasteiger partial charge in [0, 0.05) is 18.4 Å². The van der Waals surface area contributed by atoms with Crippen molar-refractivity contribution in [1.29, 1.82) is 0 Å². The number of imidazole rings is 1. The van der Waals surface area contributed by atoms with Crippen molar-refractivity contribution in [2.24, 2.45) is 0 Å². The summed E-state index contributed by atoms with van der Waals surface area (Å²) in [5.74, 6) is 0.947. The standard InChI is InChI=1S/C12H20N4S/c1-2-10(11-13-7-8-14-11)16-12(17)15-9-5-3-4-6-9/h7-10H,2-6H2,1H3,(H,13,14)(H2,15,16,17). The lowest BCUT2D eigenvalue weighted by Crippen LogP contribution is -2.42. The summed E-state index contributed by atoms with van der Waals surface area (Å²) in [7, 11) is 0. The molecule has 0 bridgehead atoms. The van der Waals surface area contributed by atoms with Gasteiger partial charge in [-0.25, -0.2) is 4.98 Å². The molecule has 1 saturated carbocycles. The Hall–Kier alpha value is -1.10. The van der Waals surface area contributed by atoms with Crippen LogP contribution in [0.3, 0.4) is 0 Å². The van der Waals surface area contributed by atoms with Gasteiger partial charge in [0.05, 0.1) is 6.04 Å². The number of hydrogen-bond acceptors (Lipinski definition) is 2. The highest BCUT2D eigenvalue weighted by molar-refractivity contribution is 7.80. The topological polar surface area (TPSA) is 52.7 Å². The van der Waals surface area contributed by atoms with E-state index in [9.17, 15) is 0 Å². The Bertz CT molecular complexity index is 343. The minimum atomic E-state index is 0.173. The molecule has 1 aliphatic carbocycles. The molecule has 17 heavy (non-hydrogen) atoms. The summed E-state index contributed by atoms with van der Waals surface area (Å²) in [4.78, 5) is 7.39. The average Bonchev–Trinajstić information content (AvgIpc) is 2.97. The molecule has 0 spiro atoms. The molecule has 0 aromatic carbocycles. The van der Waals surface area contributed by atoms with Gasteiger partial charge in [-0.2, -0.15) is 0 Å². The molecule has 4 nitrogen and oxygen atoms in total. The third-order valence-electron chi connectivity index (χ3n) is 3.25. The van der Waals surface area contributed by atoms with Crippen LogP contribution in [0, 0.1) is 0 Å². The number of aromatic nitrogens is 2. The fourth-order valence-corrected chi connectivity index (χ4v) is 2.60. The van der Waals surface area contributed by atoms with Gasteiger partial charge in [0.2, 0.25) is 0 Å². The summed E-state index contributed by atoms with van der Waals surface area (Å²) >= 11 is 5.34. The van der Waals surface area contributed by atoms with Crippen molar-refractivity contribution in [3.8, 4) is 0 Å². The molecule has 1 aromatic rings. The molecule has 1 fully saturated rings. The first-order chi connectivity index (χ1) is 8.29. The van der Waals surface area contributed by atoms with E-state index in [2.05, 4.69) is 27.5 Å². The molecule has 0 radical (unpaired) electrons. The molecule has 0 saturated heterocycles. The average molecular weight is 252 g/mol.